The summed E-state index contributed by atoms with van der Waals surface area (Å²) in [6.45, 7) is 7.85. The molecule has 1 aliphatic carbocycles. The third-order valence-corrected chi connectivity index (χ3v) is 4.31. The van der Waals surface area contributed by atoms with Gasteiger partial charge in [0.1, 0.15) is 6.04 Å². The highest BCUT2D eigenvalue weighted by Gasteiger charge is 2.28. The third-order valence-electron chi connectivity index (χ3n) is 4.31. The van der Waals surface area contributed by atoms with Gasteiger partial charge >= 0.3 is 0 Å². The van der Waals surface area contributed by atoms with E-state index in [0.717, 1.165) is 26.1 Å². The van der Waals surface area contributed by atoms with Crippen LogP contribution >= 0.6 is 24.8 Å². The van der Waals surface area contributed by atoms with Gasteiger partial charge in [-0.2, -0.15) is 0 Å². The number of hydrogen-bond donors (Lipinski definition) is 2. The molecule has 3 atom stereocenters. The molecular formula is C15H33Cl2N3O2. The lowest BCUT2D eigenvalue weighted by molar-refractivity contribution is -0.124. The molecule has 0 aromatic rings. The summed E-state index contributed by atoms with van der Waals surface area (Å²) in [5.74, 6) is 0.464. The maximum atomic E-state index is 12.0. The number of carbonyl (C=O) groups is 1. The second-order valence-corrected chi connectivity index (χ2v) is 5.71. The molecule has 0 heterocycles. The highest BCUT2D eigenvalue weighted by atomic mass is 35.5. The van der Waals surface area contributed by atoms with Gasteiger partial charge in [-0.1, -0.05) is 26.7 Å². The second-order valence-electron chi connectivity index (χ2n) is 5.71. The zero-order chi connectivity index (χ0) is 15.0. The van der Waals surface area contributed by atoms with Gasteiger partial charge in [-0.25, -0.2) is 0 Å². The van der Waals surface area contributed by atoms with Gasteiger partial charge in [0.15, 0.2) is 0 Å². The Bertz CT molecular complexity index is 292. The summed E-state index contributed by atoms with van der Waals surface area (Å²) in [5.41, 5.74) is 5.80. The summed E-state index contributed by atoms with van der Waals surface area (Å²) in [7, 11) is 1.57. The summed E-state index contributed by atoms with van der Waals surface area (Å²) in [4.78, 5) is 14.5. The van der Waals surface area contributed by atoms with Crippen LogP contribution in [-0.4, -0.2) is 56.2 Å². The Labute approximate surface area is 147 Å². The van der Waals surface area contributed by atoms with E-state index in [-0.39, 0.29) is 43.4 Å². The molecule has 0 radical (unpaired) electrons. The molecule has 0 bridgehead atoms. The summed E-state index contributed by atoms with van der Waals surface area (Å²) >= 11 is 0. The lowest BCUT2D eigenvalue weighted by Crippen LogP contribution is -2.52. The first-order chi connectivity index (χ1) is 9.62. The predicted molar refractivity (Wildman–Crippen MR) is 96.0 cm³/mol. The Morgan fingerprint density at radius 3 is 2.41 bits per heavy atom. The quantitative estimate of drug-likeness (QED) is 0.695. The number of ether oxygens (including phenoxy) is 1. The summed E-state index contributed by atoms with van der Waals surface area (Å²) < 4.78 is 4.95. The lowest BCUT2D eigenvalue weighted by atomic mass is 9.84. The number of rotatable bonds is 8. The van der Waals surface area contributed by atoms with E-state index >= 15 is 0 Å². The number of carbonyl (C=O) groups excluding carboxylic acids is 1. The molecule has 0 aliphatic heterocycles. The Balaban J connectivity index is 0. The average Bonchev–Trinajstić information content (AvgIpc) is 2.46. The van der Waals surface area contributed by atoms with Crippen LogP contribution in [0.1, 0.15) is 39.5 Å². The van der Waals surface area contributed by atoms with Crippen molar-refractivity contribution in [1.29, 1.82) is 0 Å². The third kappa shape index (κ3) is 7.97. The van der Waals surface area contributed by atoms with Crippen molar-refractivity contribution in [2.45, 2.75) is 51.6 Å². The summed E-state index contributed by atoms with van der Waals surface area (Å²) in [5, 5.41) is 3.14. The molecule has 0 saturated heterocycles. The van der Waals surface area contributed by atoms with Crippen LogP contribution in [0.15, 0.2) is 0 Å². The monoisotopic (exact) mass is 357 g/mol. The normalized spacial score (nSPS) is 22.4. The Hall–Kier alpha value is -0.0700. The van der Waals surface area contributed by atoms with Gasteiger partial charge in [-0.05, 0) is 31.8 Å². The van der Waals surface area contributed by atoms with Crippen molar-refractivity contribution < 1.29 is 9.53 Å². The van der Waals surface area contributed by atoms with Crippen LogP contribution in [0, 0.1) is 5.92 Å². The SMILES string of the molecule is CCN(CC)CC1CCCCC1NC(=O)C(N)COC.Cl.Cl. The van der Waals surface area contributed by atoms with Crippen molar-refractivity contribution in [3.63, 3.8) is 0 Å². The fourth-order valence-electron chi connectivity index (χ4n) is 2.97. The Morgan fingerprint density at radius 2 is 1.86 bits per heavy atom. The summed E-state index contributed by atoms with van der Waals surface area (Å²) in [6.07, 6.45) is 4.72. The maximum absolute atomic E-state index is 12.0. The molecule has 1 rings (SSSR count). The van der Waals surface area contributed by atoms with Crippen molar-refractivity contribution in [2.24, 2.45) is 11.7 Å². The minimum Gasteiger partial charge on any atom is -0.383 e. The molecule has 22 heavy (non-hydrogen) atoms. The van der Waals surface area contributed by atoms with E-state index in [9.17, 15) is 4.79 Å². The van der Waals surface area contributed by atoms with Gasteiger partial charge in [0.25, 0.3) is 0 Å². The van der Waals surface area contributed by atoms with E-state index < -0.39 is 6.04 Å². The fraction of sp³-hybridized carbons (Fsp3) is 0.933. The molecule has 1 aliphatic rings. The molecule has 3 unspecified atom stereocenters. The standard InChI is InChI=1S/C15H31N3O2.2ClH/c1-4-18(5-2)10-12-8-6-7-9-14(12)17-15(19)13(16)11-20-3;;/h12-14H,4-11,16H2,1-3H3,(H,17,19);2*1H. The first-order valence-electron chi connectivity index (χ1n) is 7.89. The molecule has 3 N–H and O–H groups in total. The van der Waals surface area contributed by atoms with Gasteiger partial charge in [0.2, 0.25) is 5.91 Å². The number of hydrogen-bond acceptors (Lipinski definition) is 4. The fourth-order valence-corrected chi connectivity index (χ4v) is 2.97. The van der Waals surface area contributed by atoms with Gasteiger partial charge in [-0.3, -0.25) is 4.79 Å². The van der Waals surface area contributed by atoms with Crippen molar-refractivity contribution in [3.05, 3.63) is 0 Å². The number of amides is 1. The van der Waals surface area contributed by atoms with Crippen molar-refractivity contribution in [3.8, 4) is 0 Å². The molecule has 0 aromatic heterocycles. The van der Waals surface area contributed by atoms with Gasteiger partial charge in [0.05, 0.1) is 6.61 Å². The minimum atomic E-state index is -0.559. The van der Waals surface area contributed by atoms with E-state index in [0.29, 0.717) is 5.92 Å². The van der Waals surface area contributed by atoms with Crippen LogP contribution in [0.5, 0.6) is 0 Å². The van der Waals surface area contributed by atoms with Gasteiger partial charge in [-0.15, -0.1) is 24.8 Å². The van der Waals surface area contributed by atoms with E-state index in [1.165, 1.54) is 19.3 Å². The first-order valence-corrected chi connectivity index (χ1v) is 7.89. The Kier molecular flexibility index (Phi) is 14.7. The number of nitrogens with zero attached hydrogens (tertiary/aromatic N) is 1. The number of halogens is 2. The molecule has 0 aromatic carbocycles. The van der Waals surface area contributed by atoms with Crippen LogP contribution in [-0.2, 0) is 9.53 Å². The zero-order valence-electron chi connectivity index (χ0n) is 14.0. The van der Waals surface area contributed by atoms with Crippen LogP contribution in [0.3, 0.4) is 0 Å². The predicted octanol–water partition coefficient (Wildman–Crippen LogP) is 1.82. The Morgan fingerprint density at radius 1 is 1.27 bits per heavy atom. The smallest absolute Gasteiger partial charge is 0.239 e. The molecule has 1 saturated carbocycles. The second kappa shape index (κ2) is 13.4. The molecule has 1 fully saturated rings. The number of nitrogens with two attached hydrogens (primary N) is 1. The molecule has 134 valence electrons. The van der Waals surface area contributed by atoms with E-state index in [4.69, 9.17) is 10.5 Å². The lowest BCUT2D eigenvalue weighted by Gasteiger charge is -2.36. The highest BCUT2D eigenvalue weighted by molar-refractivity contribution is 5.85. The molecule has 5 nitrogen and oxygen atoms in total. The summed E-state index contributed by atoms with van der Waals surface area (Å²) in [6, 6.07) is -0.296. The topological polar surface area (TPSA) is 67.6 Å². The zero-order valence-corrected chi connectivity index (χ0v) is 15.7. The molecule has 7 heteroatoms. The number of nitrogens with one attached hydrogen (secondary N) is 1. The van der Waals surface area contributed by atoms with E-state index in [2.05, 4.69) is 24.1 Å². The van der Waals surface area contributed by atoms with Crippen molar-refractivity contribution in [2.75, 3.05) is 33.4 Å². The van der Waals surface area contributed by atoms with E-state index in [1.807, 2.05) is 0 Å². The van der Waals surface area contributed by atoms with Crippen LogP contribution in [0.25, 0.3) is 0 Å². The molecular weight excluding hydrogens is 325 g/mol. The maximum Gasteiger partial charge on any atom is 0.239 e. The molecule has 0 spiro atoms. The van der Waals surface area contributed by atoms with Gasteiger partial charge < -0.3 is 20.7 Å². The van der Waals surface area contributed by atoms with Crippen molar-refractivity contribution >= 4 is 30.7 Å². The molecule has 1 amide bonds. The van der Waals surface area contributed by atoms with Crippen LogP contribution < -0.4 is 11.1 Å². The largest absolute Gasteiger partial charge is 0.383 e. The first kappa shape index (κ1) is 24.2. The number of methoxy groups -OCH3 is 1. The van der Waals surface area contributed by atoms with Crippen LogP contribution in [0.2, 0.25) is 0 Å². The van der Waals surface area contributed by atoms with Gasteiger partial charge in [0, 0.05) is 19.7 Å². The van der Waals surface area contributed by atoms with E-state index in [1.54, 1.807) is 7.11 Å². The average molecular weight is 358 g/mol. The van der Waals surface area contributed by atoms with Crippen LogP contribution in [0.4, 0.5) is 0 Å². The minimum absolute atomic E-state index is 0. The van der Waals surface area contributed by atoms with Crippen molar-refractivity contribution in [1.82, 2.24) is 10.2 Å². The highest BCUT2D eigenvalue weighted by Crippen LogP contribution is 2.25.